The third-order valence-electron chi connectivity index (χ3n) is 2.23. The minimum absolute atomic E-state index is 0.0784. The lowest BCUT2D eigenvalue weighted by Crippen LogP contribution is -2.15. The Morgan fingerprint density at radius 2 is 2.00 bits per heavy atom. The molecule has 0 aromatic carbocycles. The summed E-state index contributed by atoms with van der Waals surface area (Å²) in [5, 5.41) is 0. The van der Waals surface area contributed by atoms with Crippen LogP contribution in [0.5, 0.6) is 0 Å². The Bertz CT molecular complexity index is 304. The first kappa shape index (κ1) is 10.7. The van der Waals surface area contributed by atoms with Crippen LogP contribution in [0.15, 0.2) is 12.1 Å². The smallest absolute Gasteiger partial charge is 0.175 e. The van der Waals surface area contributed by atoms with Crippen LogP contribution in [0, 0.1) is 11.8 Å². The van der Waals surface area contributed by atoms with Gasteiger partial charge >= 0.3 is 0 Å². The molecule has 1 heterocycles. The Hall–Kier alpha value is -0.340. The fraction of sp³-hybridized carbons (Fsp3) is 0.500. The van der Waals surface area contributed by atoms with E-state index >= 15 is 0 Å². The molecule has 1 unspecified atom stereocenters. The molecule has 1 aromatic heterocycles. The number of hydrogen-bond acceptors (Lipinski definition) is 2. The van der Waals surface area contributed by atoms with Crippen LogP contribution in [0.25, 0.3) is 0 Å². The van der Waals surface area contributed by atoms with E-state index in [2.05, 4.69) is 13.8 Å². The summed E-state index contributed by atoms with van der Waals surface area (Å²) < 4.78 is 0.680. The summed E-state index contributed by atoms with van der Waals surface area (Å²) in [7, 11) is 0. The van der Waals surface area contributed by atoms with Crippen LogP contribution in [0.2, 0.25) is 4.34 Å². The first-order valence-corrected chi connectivity index (χ1v) is 5.51. The van der Waals surface area contributed by atoms with Crippen molar-refractivity contribution < 1.29 is 4.79 Å². The van der Waals surface area contributed by atoms with E-state index in [9.17, 15) is 4.79 Å². The zero-order valence-corrected chi connectivity index (χ0v) is 9.58. The van der Waals surface area contributed by atoms with Crippen molar-refractivity contribution in [3.05, 3.63) is 21.3 Å². The van der Waals surface area contributed by atoms with Gasteiger partial charge in [-0.3, -0.25) is 4.79 Å². The summed E-state index contributed by atoms with van der Waals surface area (Å²) in [5.74, 6) is 0.662. The molecule has 0 amide bonds. The molecule has 0 aliphatic heterocycles. The molecule has 1 atom stereocenters. The average molecular weight is 217 g/mol. The molecule has 0 bridgehead atoms. The lowest BCUT2D eigenvalue weighted by Gasteiger charge is -2.12. The molecule has 0 spiro atoms. The fourth-order valence-electron chi connectivity index (χ4n) is 0.974. The lowest BCUT2D eigenvalue weighted by molar-refractivity contribution is 0.0904. The van der Waals surface area contributed by atoms with Gasteiger partial charge in [0.05, 0.1) is 9.21 Å². The van der Waals surface area contributed by atoms with E-state index in [1.54, 1.807) is 12.1 Å². The zero-order chi connectivity index (χ0) is 10.0. The highest BCUT2D eigenvalue weighted by molar-refractivity contribution is 7.18. The monoisotopic (exact) mass is 216 g/mol. The van der Waals surface area contributed by atoms with Crippen molar-refractivity contribution in [2.24, 2.45) is 11.8 Å². The Balaban J connectivity index is 2.79. The summed E-state index contributed by atoms with van der Waals surface area (Å²) in [6, 6.07) is 3.57. The first-order valence-electron chi connectivity index (χ1n) is 4.32. The maximum atomic E-state index is 11.8. The van der Waals surface area contributed by atoms with Crippen molar-refractivity contribution in [2.45, 2.75) is 20.8 Å². The van der Waals surface area contributed by atoms with E-state index in [1.807, 2.05) is 6.92 Å². The number of hydrogen-bond donors (Lipinski definition) is 0. The molecule has 3 heteroatoms. The van der Waals surface area contributed by atoms with Crippen molar-refractivity contribution >= 4 is 28.7 Å². The van der Waals surface area contributed by atoms with Gasteiger partial charge in [0.2, 0.25) is 0 Å². The second-order valence-corrected chi connectivity index (χ2v) is 5.22. The number of carbonyl (C=O) groups excluding carboxylic acids is 1. The Morgan fingerprint density at radius 3 is 2.38 bits per heavy atom. The normalized spacial score (nSPS) is 13.3. The predicted octanol–water partition coefficient (Wildman–Crippen LogP) is 3.88. The SMILES string of the molecule is CC(C)C(C)C(=O)c1ccc(Cl)s1. The van der Waals surface area contributed by atoms with Gasteiger partial charge in [0, 0.05) is 5.92 Å². The number of rotatable bonds is 3. The summed E-state index contributed by atoms with van der Waals surface area (Å²) in [4.78, 5) is 12.5. The van der Waals surface area contributed by atoms with E-state index in [1.165, 1.54) is 11.3 Å². The van der Waals surface area contributed by atoms with Crippen LogP contribution in [0.1, 0.15) is 30.4 Å². The molecule has 0 radical (unpaired) electrons. The van der Waals surface area contributed by atoms with Gasteiger partial charge in [-0.1, -0.05) is 32.4 Å². The molecule has 1 rings (SSSR count). The van der Waals surface area contributed by atoms with Gasteiger partial charge < -0.3 is 0 Å². The van der Waals surface area contributed by atoms with Crippen LogP contribution in [-0.4, -0.2) is 5.78 Å². The van der Waals surface area contributed by atoms with Gasteiger partial charge in [-0.25, -0.2) is 0 Å². The summed E-state index contributed by atoms with van der Waals surface area (Å²) in [6.45, 7) is 6.07. The Morgan fingerprint density at radius 1 is 1.38 bits per heavy atom. The third kappa shape index (κ3) is 2.55. The van der Waals surface area contributed by atoms with Crippen molar-refractivity contribution in [3.8, 4) is 0 Å². The summed E-state index contributed by atoms with van der Waals surface area (Å²) in [6.07, 6.45) is 0. The molecule has 13 heavy (non-hydrogen) atoms. The van der Waals surface area contributed by atoms with Crippen LogP contribution in [0.3, 0.4) is 0 Å². The minimum Gasteiger partial charge on any atom is -0.293 e. The van der Waals surface area contributed by atoms with E-state index in [4.69, 9.17) is 11.6 Å². The van der Waals surface area contributed by atoms with Gasteiger partial charge in [0.25, 0.3) is 0 Å². The van der Waals surface area contributed by atoms with E-state index < -0.39 is 0 Å². The van der Waals surface area contributed by atoms with E-state index in [0.717, 1.165) is 4.88 Å². The average Bonchev–Trinajstić information content (AvgIpc) is 2.49. The molecular weight excluding hydrogens is 204 g/mol. The first-order chi connectivity index (χ1) is 6.02. The van der Waals surface area contributed by atoms with Gasteiger partial charge in [-0.05, 0) is 18.1 Å². The molecule has 1 aromatic rings. The van der Waals surface area contributed by atoms with Crippen LogP contribution < -0.4 is 0 Å². The molecule has 0 aliphatic rings. The second-order valence-electron chi connectivity index (χ2n) is 3.50. The molecule has 0 aliphatic carbocycles. The van der Waals surface area contributed by atoms with E-state index in [-0.39, 0.29) is 11.7 Å². The zero-order valence-electron chi connectivity index (χ0n) is 8.00. The maximum Gasteiger partial charge on any atom is 0.175 e. The standard InChI is InChI=1S/C10H13ClOS/c1-6(2)7(3)10(12)8-4-5-9(11)13-8/h4-7H,1-3H3. The number of Topliss-reactive ketones (excluding diaryl/α,β-unsaturated/α-hetero) is 1. The second kappa shape index (κ2) is 4.25. The highest BCUT2D eigenvalue weighted by Crippen LogP contribution is 2.25. The van der Waals surface area contributed by atoms with Gasteiger partial charge in [0.1, 0.15) is 0 Å². The van der Waals surface area contributed by atoms with Gasteiger partial charge in [0.15, 0.2) is 5.78 Å². The number of ketones is 1. The molecular formula is C10H13ClOS. The van der Waals surface area contributed by atoms with Crippen molar-refractivity contribution in [2.75, 3.05) is 0 Å². The maximum absolute atomic E-state index is 11.8. The van der Waals surface area contributed by atoms with Crippen LogP contribution in [0.4, 0.5) is 0 Å². The van der Waals surface area contributed by atoms with Crippen molar-refractivity contribution in [3.63, 3.8) is 0 Å². The Kier molecular flexibility index (Phi) is 3.51. The number of carbonyl (C=O) groups is 1. The fourth-order valence-corrected chi connectivity index (χ4v) is 2.05. The minimum atomic E-state index is 0.0784. The van der Waals surface area contributed by atoms with E-state index in [0.29, 0.717) is 10.3 Å². The highest BCUT2D eigenvalue weighted by atomic mass is 35.5. The number of halogens is 1. The third-order valence-corrected chi connectivity index (χ3v) is 3.48. The molecule has 0 saturated heterocycles. The molecule has 72 valence electrons. The van der Waals surface area contributed by atoms with Gasteiger partial charge in [-0.2, -0.15) is 0 Å². The highest BCUT2D eigenvalue weighted by Gasteiger charge is 2.19. The largest absolute Gasteiger partial charge is 0.293 e. The molecule has 0 fully saturated rings. The summed E-state index contributed by atoms with van der Waals surface area (Å²) in [5.41, 5.74) is 0. The van der Waals surface area contributed by atoms with Crippen LogP contribution >= 0.6 is 22.9 Å². The van der Waals surface area contributed by atoms with Crippen molar-refractivity contribution in [1.29, 1.82) is 0 Å². The van der Waals surface area contributed by atoms with Gasteiger partial charge in [-0.15, -0.1) is 11.3 Å². The predicted molar refractivity (Wildman–Crippen MR) is 57.7 cm³/mol. The van der Waals surface area contributed by atoms with Crippen molar-refractivity contribution in [1.82, 2.24) is 0 Å². The molecule has 1 nitrogen and oxygen atoms in total. The van der Waals surface area contributed by atoms with Crippen LogP contribution in [-0.2, 0) is 0 Å². The molecule has 0 saturated carbocycles. The topological polar surface area (TPSA) is 17.1 Å². The Labute approximate surface area is 87.7 Å². The quantitative estimate of drug-likeness (QED) is 0.701. The lowest BCUT2D eigenvalue weighted by atomic mass is 9.93. The molecule has 0 N–H and O–H groups in total. The summed E-state index contributed by atoms with van der Waals surface area (Å²) >= 11 is 7.11. The number of thiophene rings is 1.